The van der Waals surface area contributed by atoms with Gasteiger partial charge in [0.15, 0.2) is 11.5 Å². The second-order valence-corrected chi connectivity index (χ2v) is 6.49. The molecule has 0 saturated heterocycles. The van der Waals surface area contributed by atoms with Gasteiger partial charge in [0.05, 0.1) is 28.8 Å². The zero-order valence-corrected chi connectivity index (χ0v) is 16.2. The summed E-state index contributed by atoms with van der Waals surface area (Å²) in [6.07, 6.45) is 1.54. The molecule has 0 saturated carbocycles. The Hall–Kier alpha value is -2.61. The highest BCUT2D eigenvalue weighted by molar-refractivity contribution is 9.10. The molecule has 2 rings (SSSR count). The summed E-state index contributed by atoms with van der Waals surface area (Å²) in [6.45, 7) is 4.00. The molecule has 0 radical (unpaired) electrons. The van der Waals surface area contributed by atoms with Crippen LogP contribution in [0, 0.1) is 10.1 Å². The number of nitro groups is 1. The molecule has 0 spiro atoms. The molecule has 7 nitrogen and oxygen atoms in total. The van der Waals surface area contributed by atoms with Crippen molar-refractivity contribution >= 4 is 27.8 Å². The summed E-state index contributed by atoms with van der Waals surface area (Å²) in [5.74, 6) is 1.20. The summed E-state index contributed by atoms with van der Waals surface area (Å²) in [5.41, 5.74) is 1.43. The highest BCUT2D eigenvalue weighted by Gasteiger charge is 2.12. The first-order chi connectivity index (χ1) is 12.4. The van der Waals surface area contributed by atoms with Gasteiger partial charge in [-0.25, -0.2) is 0 Å². The Balaban J connectivity index is 2.05. The van der Waals surface area contributed by atoms with Crippen LogP contribution in [0.1, 0.15) is 25.0 Å². The quantitative estimate of drug-likeness (QED) is 0.349. The first kappa shape index (κ1) is 19.7. The molecule has 0 aliphatic rings. The van der Waals surface area contributed by atoms with E-state index in [4.69, 9.17) is 14.3 Å². The Kier molecular flexibility index (Phi) is 6.97. The predicted molar refractivity (Wildman–Crippen MR) is 102 cm³/mol. The van der Waals surface area contributed by atoms with Crippen molar-refractivity contribution in [1.29, 1.82) is 0 Å². The third kappa shape index (κ3) is 5.45. The van der Waals surface area contributed by atoms with Crippen molar-refractivity contribution in [3.8, 4) is 11.5 Å². The summed E-state index contributed by atoms with van der Waals surface area (Å²) >= 11 is 3.46. The lowest BCUT2D eigenvalue weighted by molar-refractivity contribution is -0.384. The minimum absolute atomic E-state index is 0.0120. The highest BCUT2D eigenvalue weighted by Crippen LogP contribution is 2.37. The van der Waals surface area contributed by atoms with Crippen LogP contribution in [0.5, 0.6) is 11.5 Å². The first-order valence-corrected chi connectivity index (χ1v) is 8.63. The van der Waals surface area contributed by atoms with E-state index in [-0.39, 0.29) is 18.4 Å². The van der Waals surface area contributed by atoms with E-state index in [0.29, 0.717) is 17.1 Å². The summed E-state index contributed by atoms with van der Waals surface area (Å²) in [6, 6.07) is 9.84. The fraction of sp³-hybridized carbons (Fsp3) is 0.278. The van der Waals surface area contributed by atoms with Crippen LogP contribution in [0.25, 0.3) is 0 Å². The van der Waals surface area contributed by atoms with Gasteiger partial charge >= 0.3 is 0 Å². The van der Waals surface area contributed by atoms with E-state index >= 15 is 0 Å². The van der Waals surface area contributed by atoms with Crippen LogP contribution in [0.4, 0.5) is 5.69 Å². The monoisotopic (exact) mass is 422 g/mol. The van der Waals surface area contributed by atoms with Crippen molar-refractivity contribution in [2.75, 3.05) is 7.11 Å². The lowest BCUT2D eigenvalue weighted by Gasteiger charge is -2.15. The Morgan fingerprint density at radius 3 is 2.73 bits per heavy atom. The van der Waals surface area contributed by atoms with Crippen molar-refractivity contribution < 1.29 is 19.2 Å². The molecule has 0 N–H and O–H groups in total. The maximum Gasteiger partial charge on any atom is 0.269 e. The highest BCUT2D eigenvalue weighted by atomic mass is 79.9. The average Bonchev–Trinajstić information content (AvgIpc) is 2.60. The number of rotatable bonds is 8. The first-order valence-electron chi connectivity index (χ1n) is 7.83. The molecule has 0 heterocycles. The molecule has 0 fully saturated rings. The molecule has 138 valence electrons. The lowest BCUT2D eigenvalue weighted by Crippen LogP contribution is -2.07. The molecule has 2 aromatic rings. The maximum atomic E-state index is 10.8. The van der Waals surface area contributed by atoms with Crippen LogP contribution in [0.2, 0.25) is 0 Å². The van der Waals surface area contributed by atoms with Gasteiger partial charge in [0.1, 0.15) is 6.61 Å². The van der Waals surface area contributed by atoms with Crippen molar-refractivity contribution in [1.82, 2.24) is 0 Å². The van der Waals surface area contributed by atoms with Gasteiger partial charge in [-0.05, 0) is 47.5 Å². The van der Waals surface area contributed by atoms with Crippen LogP contribution in [-0.2, 0) is 11.4 Å². The maximum absolute atomic E-state index is 10.8. The van der Waals surface area contributed by atoms with Crippen molar-refractivity contribution in [2.24, 2.45) is 5.16 Å². The van der Waals surface area contributed by atoms with Gasteiger partial charge in [-0.2, -0.15) is 0 Å². The van der Waals surface area contributed by atoms with Gasteiger partial charge in [-0.3, -0.25) is 10.1 Å². The van der Waals surface area contributed by atoms with Crippen LogP contribution >= 0.6 is 15.9 Å². The summed E-state index contributed by atoms with van der Waals surface area (Å²) < 4.78 is 11.8. The molecule has 26 heavy (non-hydrogen) atoms. The summed E-state index contributed by atoms with van der Waals surface area (Å²) in [7, 11) is 1.56. The largest absolute Gasteiger partial charge is 0.493 e. The fourth-order valence-electron chi connectivity index (χ4n) is 2.13. The van der Waals surface area contributed by atoms with E-state index in [0.717, 1.165) is 10.0 Å². The molecule has 0 aliphatic carbocycles. The van der Waals surface area contributed by atoms with Gasteiger partial charge in [0.25, 0.3) is 5.69 Å². The van der Waals surface area contributed by atoms with E-state index in [9.17, 15) is 10.1 Å². The van der Waals surface area contributed by atoms with E-state index in [1.165, 1.54) is 18.3 Å². The molecular weight excluding hydrogens is 404 g/mol. The Morgan fingerprint density at radius 2 is 2.08 bits per heavy atom. The van der Waals surface area contributed by atoms with Crippen molar-refractivity contribution in [2.45, 2.75) is 26.6 Å². The standard InChI is InChI=1S/C18H19BrN2O5/c1-12(2)26-18-16(19)8-14(9-17(18)24-3)10-20-25-11-13-5-4-6-15(7-13)21(22)23/h4-10,12H,11H2,1-3H3/b20-10-. The number of nitro benzene ring substituents is 1. The normalized spacial score (nSPS) is 11.0. The Morgan fingerprint density at radius 1 is 1.31 bits per heavy atom. The van der Waals surface area contributed by atoms with E-state index < -0.39 is 4.92 Å². The Bertz CT molecular complexity index is 808. The van der Waals surface area contributed by atoms with E-state index in [2.05, 4.69) is 21.1 Å². The number of methoxy groups -OCH3 is 1. The number of ether oxygens (including phenoxy) is 2. The third-order valence-corrected chi connectivity index (χ3v) is 3.82. The summed E-state index contributed by atoms with van der Waals surface area (Å²) in [5, 5.41) is 14.7. The molecule has 0 bridgehead atoms. The zero-order valence-electron chi connectivity index (χ0n) is 14.6. The van der Waals surface area contributed by atoms with Gasteiger partial charge < -0.3 is 14.3 Å². The second-order valence-electron chi connectivity index (χ2n) is 5.64. The molecule has 0 amide bonds. The van der Waals surface area contributed by atoms with Crippen LogP contribution in [0.3, 0.4) is 0 Å². The van der Waals surface area contributed by atoms with Crippen molar-refractivity contribution in [3.05, 3.63) is 62.1 Å². The molecule has 0 unspecified atom stereocenters. The van der Waals surface area contributed by atoms with Crippen LogP contribution < -0.4 is 9.47 Å². The van der Waals surface area contributed by atoms with E-state index in [1.807, 2.05) is 19.9 Å². The summed E-state index contributed by atoms with van der Waals surface area (Å²) in [4.78, 5) is 15.5. The third-order valence-electron chi connectivity index (χ3n) is 3.23. The van der Waals surface area contributed by atoms with Crippen LogP contribution in [0.15, 0.2) is 46.0 Å². The Labute approximate surface area is 159 Å². The van der Waals surface area contributed by atoms with Crippen molar-refractivity contribution in [3.63, 3.8) is 0 Å². The number of benzene rings is 2. The number of hydrogen-bond acceptors (Lipinski definition) is 6. The smallest absolute Gasteiger partial charge is 0.269 e. The minimum Gasteiger partial charge on any atom is -0.493 e. The van der Waals surface area contributed by atoms with E-state index in [1.54, 1.807) is 25.3 Å². The number of hydrogen-bond donors (Lipinski definition) is 0. The van der Waals surface area contributed by atoms with Gasteiger partial charge in [-0.15, -0.1) is 0 Å². The lowest BCUT2D eigenvalue weighted by atomic mass is 10.2. The molecule has 8 heteroatoms. The average molecular weight is 423 g/mol. The van der Waals surface area contributed by atoms with Crippen LogP contribution in [-0.4, -0.2) is 24.4 Å². The molecule has 2 aromatic carbocycles. The minimum atomic E-state index is -0.447. The van der Waals surface area contributed by atoms with Gasteiger partial charge in [-0.1, -0.05) is 17.3 Å². The number of halogens is 1. The fourth-order valence-corrected chi connectivity index (χ4v) is 2.69. The number of nitrogens with zero attached hydrogens (tertiary/aromatic N) is 2. The number of non-ortho nitro benzene ring substituents is 1. The molecule has 0 aliphatic heterocycles. The number of oxime groups is 1. The van der Waals surface area contributed by atoms with Gasteiger partial charge in [0, 0.05) is 17.7 Å². The molecule has 0 atom stereocenters. The zero-order chi connectivity index (χ0) is 19.1. The second kappa shape index (κ2) is 9.19. The predicted octanol–water partition coefficient (Wildman–Crippen LogP) is 4.70. The SMILES string of the molecule is COc1cc(/C=N\OCc2cccc([N+](=O)[O-])c2)cc(Br)c1OC(C)C. The molecular formula is C18H19BrN2O5. The molecule has 0 aromatic heterocycles. The topological polar surface area (TPSA) is 83.2 Å². The van der Waals surface area contributed by atoms with Gasteiger partial charge in [0.2, 0.25) is 0 Å².